The molecule has 0 aliphatic carbocycles. The molecule has 3 aromatic heterocycles. The van der Waals surface area contributed by atoms with Gasteiger partial charge in [-0.1, -0.05) is 72.8 Å². The van der Waals surface area contributed by atoms with Gasteiger partial charge in [0.25, 0.3) is 0 Å². The Morgan fingerprint density at radius 3 is 2.26 bits per heavy atom. The molecular weight excluding hydrogens is 492 g/mol. The molecule has 0 bridgehead atoms. The Balaban J connectivity index is 1.19. The topological polar surface area (TPSA) is 134 Å². The number of aromatic nitrogens is 5. The molecular formula is C29H24N8O2. The number of hydrogen-bond donors (Lipinski definition) is 4. The average Bonchev–Trinajstić information content (AvgIpc) is 3.63. The summed E-state index contributed by atoms with van der Waals surface area (Å²) in [6.07, 6.45) is 3.59. The molecule has 2 amide bonds. The summed E-state index contributed by atoms with van der Waals surface area (Å²) in [7, 11) is 0. The molecule has 4 N–H and O–H groups in total. The highest BCUT2D eigenvalue weighted by atomic mass is 16.3. The maximum absolute atomic E-state index is 12.1. The largest absolute Gasteiger partial charge is 0.437 e. The fraction of sp³-hybridized carbons (Fsp3) is 0.0690. The first-order chi connectivity index (χ1) is 19.2. The molecule has 10 nitrogen and oxygen atoms in total. The van der Waals surface area contributed by atoms with Crippen LogP contribution in [0.15, 0.2) is 102 Å². The summed E-state index contributed by atoms with van der Waals surface area (Å²) in [5.74, 6) is 1.75. The zero-order chi connectivity index (χ0) is 26.4. The van der Waals surface area contributed by atoms with E-state index in [4.69, 9.17) is 4.42 Å². The second-order valence-electron chi connectivity index (χ2n) is 8.73. The maximum Gasteiger partial charge on any atom is 0.326 e. The Morgan fingerprint density at radius 1 is 0.795 bits per heavy atom. The zero-order valence-corrected chi connectivity index (χ0v) is 20.8. The number of benzene rings is 3. The molecule has 0 saturated carbocycles. The average molecular weight is 517 g/mol. The highest BCUT2D eigenvalue weighted by molar-refractivity contribution is 6.05. The first kappa shape index (κ1) is 23.9. The van der Waals surface area contributed by atoms with E-state index < -0.39 is 6.03 Å². The van der Waals surface area contributed by atoms with Gasteiger partial charge in [0.1, 0.15) is 24.2 Å². The number of H-pyrrole nitrogens is 1. The number of hydrogen-bond acceptors (Lipinski definition) is 7. The number of nitrogens with one attached hydrogen (secondary N) is 4. The number of carbonyl (C=O) groups excluding carboxylic acids is 1. The summed E-state index contributed by atoms with van der Waals surface area (Å²) in [5.41, 5.74) is 5.27. The van der Waals surface area contributed by atoms with Gasteiger partial charge in [0, 0.05) is 23.4 Å². The van der Waals surface area contributed by atoms with E-state index >= 15 is 0 Å². The lowest BCUT2D eigenvalue weighted by Crippen LogP contribution is -2.20. The lowest BCUT2D eigenvalue weighted by molar-refractivity contribution is 0.262. The monoisotopic (exact) mass is 516 g/mol. The number of carbonyl (C=O) groups is 1. The van der Waals surface area contributed by atoms with Crippen molar-refractivity contribution in [1.82, 2.24) is 25.1 Å². The van der Waals surface area contributed by atoms with Crippen molar-refractivity contribution < 1.29 is 9.21 Å². The molecule has 10 heteroatoms. The maximum atomic E-state index is 12.1. The van der Waals surface area contributed by atoms with E-state index in [0.29, 0.717) is 23.8 Å². The van der Waals surface area contributed by atoms with Crippen molar-refractivity contribution in [3.05, 3.63) is 103 Å². The number of fused-ring (bicyclic) bond motifs is 1. The predicted molar refractivity (Wildman–Crippen MR) is 150 cm³/mol. The molecule has 39 heavy (non-hydrogen) atoms. The molecule has 0 aliphatic heterocycles. The molecule has 0 saturated heterocycles. The van der Waals surface area contributed by atoms with Crippen molar-refractivity contribution in [2.75, 3.05) is 22.5 Å². The third kappa shape index (κ3) is 5.30. The molecule has 0 radical (unpaired) electrons. The van der Waals surface area contributed by atoms with E-state index in [2.05, 4.69) is 53.2 Å². The third-order valence-electron chi connectivity index (χ3n) is 6.15. The molecule has 192 valence electrons. The van der Waals surface area contributed by atoms with E-state index in [0.717, 1.165) is 39.8 Å². The van der Waals surface area contributed by atoms with Gasteiger partial charge in [-0.3, -0.25) is 5.32 Å². The number of anilines is 3. The molecule has 0 fully saturated rings. The van der Waals surface area contributed by atoms with Crippen molar-refractivity contribution in [3.63, 3.8) is 0 Å². The van der Waals surface area contributed by atoms with E-state index in [9.17, 15) is 4.79 Å². The van der Waals surface area contributed by atoms with Crippen LogP contribution in [0.1, 0.15) is 5.56 Å². The first-order valence-electron chi connectivity index (χ1n) is 12.4. The highest BCUT2D eigenvalue weighted by Crippen LogP contribution is 2.42. The fourth-order valence-electron chi connectivity index (χ4n) is 4.36. The van der Waals surface area contributed by atoms with Gasteiger partial charge in [0.05, 0.1) is 5.39 Å². The standard InChI is InChI=1S/C29H24N8O2/c38-29(36-28-33-18-34-37-28)35-22-13-11-19(12-14-22)15-16-30-26-24-23(20-7-3-1-4-8-20)25(21-9-5-2-6-10-21)39-27(24)32-17-31-26/h1-14,17-18H,15-16H2,(H,30,31,32)(H3,33,34,35,36,37,38). The number of aromatic amines is 1. The Hall–Kier alpha value is -5.51. The van der Waals surface area contributed by atoms with Crippen LogP contribution in [0.2, 0.25) is 0 Å². The number of furan rings is 1. The molecule has 0 aliphatic rings. The minimum absolute atomic E-state index is 0.276. The second kappa shape index (κ2) is 10.9. The smallest absolute Gasteiger partial charge is 0.326 e. The summed E-state index contributed by atoms with van der Waals surface area (Å²) in [6.45, 7) is 0.644. The van der Waals surface area contributed by atoms with E-state index in [1.807, 2.05) is 72.8 Å². The molecule has 6 rings (SSSR count). The Bertz CT molecular complexity index is 1680. The SMILES string of the molecule is O=C(Nc1ccc(CCNc2ncnc3oc(-c4ccccc4)c(-c4ccccc4)c23)cc1)Nc1ncn[nH]1. The predicted octanol–water partition coefficient (Wildman–Crippen LogP) is 5.97. The number of urea groups is 1. The van der Waals surface area contributed by atoms with E-state index in [1.54, 1.807) is 0 Å². The van der Waals surface area contributed by atoms with Crippen LogP contribution in [0.5, 0.6) is 0 Å². The fourth-order valence-corrected chi connectivity index (χ4v) is 4.36. The van der Waals surface area contributed by atoms with Gasteiger partial charge in [0.2, 0.25) is 11.7 Å². The third-order valence-corrected chi connectivity index (χ3v) is 6.15. The lowest BCUT2D eigenvalue weighted by atomic mass is 9.99. The molecule has 3 heterocycles. The summed E-state index contributed by atoms with van der Waals surface area (Å²) < 4.78 is 6.28. The van der Waals surface area contributed by atoms with Crippen LogP contribution in [-0.4, -0.2) is 37.7 Å². The molecule has 0 spiro atoms. The van der Waals surface area contributed by atoms with Crippen LogP contribution in [0.25, 0.3) is 33.6 Å². The van der Waals surface area contributed by atoms with Crippen molar-refractivity contribution in [1.29, 1.82) is 0 Å². The molecule has 0 unspecified atom stereocenters. The molecule has 3 aromatic carbocycles. The quantitative estimate of drug-likeness (QED) is 0.196. The van der Waals surface area contributed by atoms with Crippen molar-refractivity contribution in [2.45, 2.75) is 6.42 Å². The van der Waals surface area contributed by atoms with Gasteiger partial charge >= 0.3 is 6.03 Å². The zero-order valence-electron chi connectivity index (χ0n) is 20.8. The van der Waals surface area contributed by atoms with Crippen molar-refractivity contribution in [3.8, 4) is 22.5 Å². The Kier molecular flexibility index (Phi) is 6.64. The normalized spacial score (nSPS) is 10.9. The van der Waals surface area contributed by atoms with Crippen molar-refractivity contribution in [2.24, 2.45) is 0 Å². The van der Waals surface area contributed by atoms with Gasteiger partial charge in [-0.2, -0.15) is 10.1 Å². The highest BCUT2D eigenvalue weighted by Gasteiger charge is 2.21. The van der Waals surface area contributed by atoms with Crippen LogP contribution in [0.4, 0.5) is 22.2 Å². The minimum Gasteiger partial charge on any atom is -0.437 e. The van der Waals surface area contributed by atoms with Gasteiger partial charge in [-0.05, 0) is 29.7 Å². The van der Waals surface area contributed by atoms with E-state index in [-0.39, 0.29) is 5.95 Å². The van der Waals surface area contributed by atoms with Crippen LogP contribution < -0.4 is 16.0 Å². The number of nitrogens with zero attached hydrogens (tertiary/aromatic N) is 4. The number of amides is 2. The Morgan fingerprint density at radius 2 is 1.54 bits per heavy atom. The van der Waals surface area contributed by atoms with Gasteiger partial charge in [-0.25, -0.2) is 19.9 Å². The van der Waals surface area contributed by atoms with Crippen LogP contribution >= 0.6 is 0 Å². The van der Waals surface area contributed by atoms with Crippen LogP contribution in [-0.2, 0) is 6.42 Å². The molecule has 0 atom stereocenters. The van der Waals surface area contributed by atoms with Crippen LogP contribution in [0, 0.1) is 0 Å². The summed E-state index contributed by atoms with van der Waals surface area (Å²) in [6, 6.07) is 27.4. The van der Waals surface area contributed by atoms with Gasteiger partial charge < -0.3 is 15.1 Å². The molecule has 6 aromatic rings. The first-order valence-corrected chi connectivity index (χ1v) is 12.4. The van der Waals surface area contributed by atoms with Crippen LogP contribution in [0.3, 0.4) is 0 Å². The Labute approximate surface area is 223 Å². The second-order valence-corrected chi connectivity index (χ2v) is 8.73. The van der Waals surface area contributed by atoms with Crippen molar-refractivity contribution >= 4 is 34.6 Å². The minimum atomic E-state index is -0.404. The van der Waals surface area contributed by atoms with Gasteiger partial charge in [-0.15, -0.1) is 0 Å². The summed E-state index contributed by atoms with van der Waals surface area (Å²) in [4.78, 5) is 24.9. The van der Waals surface area contributed by atoms with Gasteiger partial charge in [0.15, 0.2) is 0 Å². The lowest BCUT2D eigenvalue weighted by Gasteiger charge is -2.09. The summed E-state index contributed by atoms with van der Waals surface area (Å²) >= 11 is 0. The summed E-state index contributed by atoms with van der Waals surface area (Å²) in [5, 5.41) is 15.9. The van der Waals surface area contributed by atoms with E-state index in [1.165, 1.54) is 12.7 Å². The number of rotatable bonds is 8.